The SMILES string of the molecule is Nc1cc(C(=O)NCc2cccs2)nc2ccccc12. The van der Waals surface area contributed by atoms with Crippen molar-refractivity contribution in [2.45, 2.75) is 6.54 Å². The Labute approximate surface area is 120 Å². The summed E-state index contributed by atoms with van der Waals surface area (Å²) in [5.74, 6) is -0.212. The third-order valence-electron chi connectivity index (χ3n) is 2.98. The number of carbonyl (C=O) groups excluding carboxylic acids is 1. The van der Waals surface area contributed by atoms with Gasteiger partial charge in [0, 0.05) is 16.0 Å². The zero-order valence-corrected chi connectivity index (χ0v) is 11.5. The van der Waals surface area contributed by atoms with Gasteiger partial charge in [0.2, 0.25) is 0 Å². The number of nitrogens with zero attached hydrogens (tertiary/aromatic N) is 1. The van der Waals surface area contributed by atoms with Crippen molar-refractivity contribution < 1.29 is 4.79 Å². The van der Waals surface area contributed by atoms with Crippen molar-refractivity contribution >= 4 is 33.8 Å². The first-order valence-corrected chi connectivity index (χ1v) is 7.08. The van der Waals surface area contributed by atoms with E-state index < -0.39 is 0 Å². The molecule has 0 bridgehead atoms. The van der Waals surface area contributed by atoms with Crippen LogP contribution in [0.5, 0.6) is 0 Å². The lowest BCUT2D eigenvalue weighted by atomic mass is 10.1. The summed E-state index contributed by atoms with van der Waals surface area (Å²) >= 11 is 1.61. The molecule has 0 aliphatic heterocycles. The van der Waals surface area contributed by atoms with Crippen molar-refractivity contribution in [2.75, 3.05) is 5.73 Å². The number of nitrogens with two attached hydrogens (primary N) is 1. The van der Waals surface area contributed by atoms with Crippen molar-refractivity contribution in [3.05, 3.63) is 58.4 Å². The first-order valence-electron chi connectivity index (χ1n) is 6.20. The first-order chi connectivity index (χ1) is 9.74. The first kappa shape index (κ1) is 12.6. The molecule has 3 N–H and O–H groups in total. The molecular weight excluding hydrogens is 270 g/mol. The molecule has 0 saturated heterocycles. The predicted octanol–water partition coefficient (Wildman–Crippen LogP) is 2.81. The average molecular weight is 283 g/mol. The highest BCUT2D eigenvalue weighted by atomic mass is 32.1. The number of hydrogen-bond donors (Lipinski definition) is 2. The number of thiophene rings is 1. The molecule has 4 nitrogen and oxygen atoms in total. The topological polar surface area (TPSA) is 68.0 Å². The monoisotopic (exact) mass is 283 g/mol. The standard InChI is InChI=1S/C15H13N3OS/c16-12-8-14(18-13-6-2-1-5-11(12)13)15(19)17-9-10-4-3-7-20-10/h1-8H,9H2,(H2,16,18)(H,17,19). The Hall–Kier alpha value is -2.40. The maximum Gasteiger partial charge on any atom is 0.270 e. The number of anilines is 1. The Morgan fingerprint density at radius 2 is 2.10 bits per heavy atom. The Morgan fingerprint density at radius 1 is 1.25 bits per heavy atom. The number of aromatic nitrogens is 1. The fourth-order valence-electron chi connectivity index (χ4n) is 1.99. The van der Waals surface area contributed by atoms with E-state index >= 15 is 0 Å². The second-order valence-corrected chi connectivity index (χ2v) is 5.41. The van der Waals surface area contributed by atoms with Crippen molar-refractivity contribution in [3.63, 3.8) is 0 Å². The maximum atomic E-state index is 12.1. The second-order valence-electron chi connectivity index (χ2n) is 4.38. The minimum Gasteiger partial charge on any atom is -0.398 e. The normalized spacial score (nSPS) is 10.6. The van der Waals surface area contributed by atoms with E-state index in [1.165, 1.54) is 0 Å². The molecule has 0 aliphatic carbocycles. The smallest absolute Gasteiger partial charge is 0.270 e. The molecule has 0 unspecified atom stereocenters. The number of hydrogen-bond acceptors (Lipinski definition) is 4. The number of fused-ring (bicyclic) bond motifs is 1. The number of amides is 1. The maximum absolute atomic E-state index is 12.1. The van der Waals surface area contributed by atoms with Crippen LogP contribution in [0.3, 0.4) is 0 Å². The minimum atomic E-state index is -0.212. The highest BCUT2D eigenvalue weighted by Crippen LogP contribution is 2.20. The molecule has 3 aromatic rings. The van der Waals surface area contributed by atoms with Gasteiger partial charge in [0.05, 0.1) is 12.1 Å². The summed E-state index contributed by atoms with van der Waals surface area (Å²) in [6.07, 6.45) is 0. The zero-order valence-electron chi connectivity index (χ0n) is 10.7. The third kappa shape index (κ3) is 2.48. The van der Waals surface area contributed by atoms with Crippen LogP contribution in [0.4, 0.5) is 5.69 Å². The molecule has 20 heavy (non-hydrogen) atoms. The van der Waals surface area contributed by atoms with Crippen LogP contribution in [-0.4, -0.2) is 10.9 Å². The summed E-state index contributed by atoms with van der Waals surface area (Å²) < 4.78 is 0. The van der Waals surface area contributed by atoms with Gasteiger partial charge in [-0.25, -0.2) is 4.98 Å². The van der Waals surface area contributed by atoms with Crippen LogP contribution in [0, 0.1) is 0 Å². The van der Waals surface area contributed by atoms with Crippen LogP contribution in [0.15, 0.2) is 47.8 Å². The molecule has 1 amide bonds. The van der Waals surface area contributed by atoms with E-state index in [-0.39, 0.29) is 5.91 Å². The number of rotatable bonds is 3. The summed E-state index contributed by atoms with van der Waals surface area (Å²) in [5, 5.41) is 5.69. The van der Waals surface area contributed by atoms with E-state index in [9.17, 15) is 4.79 Å². The number of para-hydroxylation sites is 1. The van der Waals surface area contributed by atoms with E-state index in [0.717, 1.165) is 15.8 Å². The van der Waals surface area contributed by atoms with Crippen LogP contribution in [-0.2, 0) is 6.54 Å². The van der Waals surface area contributed by atoms with E-state index in [4.69, 9.17) is 5.73 Å². The number of carbonyl (C=O) groups is 1. The Balaban J connectivity index is 1.84. The fourth-order valence-corrected chi connectivity index (χ4v) is 2.63. The summed E-state index contributed by atoms with van der Waals surface area (Å²) in [4.78, 5) is 17.6. The fraction of sp³-hybridized carbons (Fsp3) is 0.0667. The summed E-state index contributed by atoms with van der Waals surface area (Å²) in [6, 6.07) is 13.1. The minimum absolute atomic E-state index is 0.212. The number of nitrogens with one attached hydrogen (secondary N) is 1. The molecule has 2 heterocycles. The van der Waals surface area contributed by atoms with Gasteiger partial charge < -0.3 is 11.1 Å². The molecule has 0 radical (unpaired) electrons. The Kier molecular flexibility index (Phi) is 3.35. The van der Waals surface area contributed by atoms with E-state index in [0.29, 0.717) is 17.9 Å². The molecule has 2 aromatic heterocycles. The van der Waals surface area contributed by atoms with E-state index in [1.54, 1.807) is 17.4 Å². The van der Waals surface area contributed by atoms with Crippen LogP contribution < -0.4 is 11.1 Å². The van der Waals surface area contributed by atoms with Gasteiger partial charge in [0.1, 0.15) is 5.69 Å². The van der Waals surface area contributed by atoms with Gasteiger partial charge in [-0.3, -0.25) is 4.79 Å². The molecule has 0 fully saturated rings. The van der Waals surface area contributed by atoms with Crippen LogP contribution in [0.1, 0.15) is 15.4 Å². The summed E-state index contributed by atoms with van der Waals surface area (Å²) in [6.45, 7) is 0.505. The highest BCUT2D eigenvalue weighted by molar-refractivity contribution is 7.09. The molecule has 3 rings (SSSR count). The van der Waals surface area contributed by atoms with Gasteiger partial charge in [-0.05, 0) is 23.6 Å². The number of nitrogen functional groups attached to an aromatic ring is 1. The summed E-state index contributed by atoms with van der Waals surface area (Å²) in [5.41, 5.74) is 7.61. The van der Waals surface area contributed by atoms with Crippen molar-refractivity contribution in [3.8, 4) is 0 Å². The summed E-state index contributed by atoms with van der Waals surface area (Å²) in [7, 11) is 0. The number of benzene rings is 1. The van der Waals surface area contributed by atoms with E-state index in [1.807, 2.05) is 41.8 Å². The lowest BCUT2D eigenvalue weighted by molar-refractivity contribution is 0.0946. The van der Waals surface area contributed by atoms with Crippen LogP contribution in [0.25, 0.3) is 10.9 Å². The van der Waals surface area contributed by atoms with Gasteiger partial charge >= 0.3 is 0 Å². The van der Waals surface area contributed by atoms with Gasteiger partial charge in [-0.1, -0.05) is 24.3 Å². The zero-order chi connectivity index (χ0) is 13.9. The van der Waals surface area contributed by atoms with Crippen LogP contribution >= 0.6 is 11.3 Å². The highest BCUT2D eigenvalue weighted by Gasteiger charge is 2.10. The van der Waals surface area contributed by atoms with Crippen LogP contribution in [0.2, 0.25) is 0 Å². The van der Waals surface area contributed by atoms with Gasteiger partial charge in [-0.2, -0.15) is 0 Å². The number of pyridine rings is 1. The second kappa shape index (κ2) is 5.30. The lowest BCUT2D eigenvalue weighted by Gasteiger charge is -2.06. The molecule has 100 valence electrons. The molecule has 0 saturated carbocycles. The van der Waals surface area contributed by atoms with Crippen molar-refractivity contribution in [2.24, 2.45) is 0 Å². The van der Waals surface area contributed by atoms with E-state index in [2.05, 4.69) is 10.3 Å². The predicted molar refractivity (Wildman–Crippen MR) is 81.6 cm³/mol. The largest absolute Gasteiger partial charge is 0.398 e. The third-order valence-corrected chi connectivity index (χ3v) is 3.86. The molecule has 0 atom stereocenters. The van der Waals surface area contributed by atoms with Crippen molar-refractivity contribution in [1.82, 2.24) is 10.3 Å². The molecular formula is C15H13N3OS. The molecule has 0 aliphatic rings. The average Bonchev–Trinajstić information content (AvgIpc) is 2.98. The molecule has 5 heteroatoms. The van der Waals surface area contributed by atoms with Gasteiger partial charge in [0.25, 0.3) is 5.91 Å². The van der Waals surface area contributed by atoms with Crippen molar-refractivity contribution in [1.29, 1.82) is 0 Å². The van der Waals surface area contributed by atoms with Gasteiger partial charge in [-0.15, -0.1) is 11.3 Å². The Bertz CT molecular complexity index is 753. The van der Waals surface area contributed by atoms with Gasteiger partial charge in [0.15, 0.2) is 0 Å². The Morgan fingerprint density at radius 3 is 2.90 bits per heavy atom. The lowest BCUT2D eigenvalue weighted by Crippen LogP contribution is -2.23. The quantitative estimate of drug-likeness (QED) is 0.776. The molecule has 0 spiro atoms. The molecule has 1 aromatic carbocycles.